The van der Waals surface area contributed by atoms with E-state index >= 15 is 0 Å². The predicted molar refractivity (Wildman–Crippen MR) is 85.0 cm³/mol. The topological polar surface area (TPSA) is 93.8 Å². The lowest BCUT2D eigenvalue weighted by molar-refractivity contribution is -0.119. The molecule has 1 saturated carbocycles. The molecule has 1 aliphatic carbocycles. The number of anilines is 2. The smallest absolute Gasteiger partial charge is 0.276 e. The lowest BCUT2D eigenvalue weighted by atomic mass is 10.1. The first-order valence-electron chi connectivity index (χ1n) is 7.68. The Bertz CT molecular complexity index is 726. The second-order valence-electron chi connectivity index (χ2n) is 5.87. The van der Waals surface area contributed by atoms with Crippen LogP contribution in [0.1, 0.15) is 36.2 Å². The highest BCUT2D eigenvalue weighted by Gasteiger charge is 2.24. The first-order valence-corrected chi connectivity index (χ1v) is 7.68. The minimum Gasteiger partial charge on any atom is -0.318 e. The first kappa shape index (κ1) is 15.3. The number of nitrogens with zero attached hydrogens (tertiary/aromatic N) is 4. The quantitative estimate of drug-likeness (QED) is 0.894. The standard InChI is InChI=1S/C15H20N6O2/c1-20-9-11(8-16-20)17-15(23)12-7-13(21(2)19-12)18-14(22)10-5-3-4-6-10/h7-10H,3-6H2,1-2H3,(H,17,23)(H,18,22). The number of aryl methyl sites for hydroxylation is 2. The summed E-state index contributed by atoms with van der Waals surface area (Å²) in [6.45, 7) is 0. The van der Waals surface area contributed by atoms with Crippen LogP contribution in [0.3, 0.4) is 0 Å². The van der Waals surface area contributed by atoms with Crippen LogP contribution in [0.2, 0.25) is 0 Å². The molecule has 2 heterocycles. The largest absolute Gasteiger partial charge is 0.318 e. The van der Waals surface area contributed by atoms with Gasteiger partial charge in [0.15, 0.2) is 5.69 Å². The van der Waals surface area contributed by atoms with Gasteiger partial charge in [0.25, 0.3) is 5.91 Å². The second-order valence-corrected chi connectivity index (χ2v) is 5.87. The third kappa shape index (κ3) is 3.41. The zero-order valence-corrected chi connectivity index (χ0v) is 13.2. The predicted octanol–water partition coefficient (Wildman–Crippen LogP) is 1.53. The summed E-state index contributed by atoms with van der Waals surface area (Å²) < 4.78 is 3.10. The summed E-state index contributed by atoms with van der Waals surface area (Å²) >= 11 is 0. The third-order valence-electron chi connectivity index (χ3n) is 4.05. The zero-order valence-electron chi connectivity index (χ0n) is 13.2. The van der Waals surface area contributed by atoms with E-state index in [9.17, 15) is 9.59 Å². The van der Waals surface area contributed by atoms with Crippen molar-refractivity contribution in [2.75, 3.05) is 10.6 Å². The number of rotatable bonds is 4. The van der Waals surface area contributed by atoms with Crippen molar-refractivity contribution in [3.63, 3.8) is 0 Å². The van der Waals surface area contributed by atoms with Crippen LogP contribution in [0, 0.1) is 5.92 Å². The fraction of sp³-hybridized carbons (Fsp3) is 0.467. The molecule has 23 heavy (non-hydrogen) atoms. The first-order chi connectivity index (χ1) is 11.0. The van der Waals surface area contributed by atoms with E-state index in [1.165, 1.54) is 4.68 Å². The van der Waals surface area contributed by atoms with Gasteiger partial charge in [-0.25, -0.2) is 0 Å². The Labute approximate surface area is 133 Å². The summed E-state index contributed by atoms with van der Waals surface area (Å²) in [5, 5.41) is 13.7. The van der Waals surface area contributed by atoms with Gasteiger partial charge in [-0.15, -0.1) is 0 Å². The monoisotopic (exact) mass is 316 g/mol. The van der Waals surface area contributed by atoms with Crippen molar-refractivity contribution >= 4 is 23.3 Å². The second kappa shape index (κ2) is 6.23. The number of hydrogen-bond donors (Lipinski definition) is 2. The van der Waals surface area contributed by atoms with Crippen LogP contribution >= 0.6 is 0 Å². The highest BCUT2D eigenvalue weighted by Crippen LogP contribution is 2.26. The Morgan fingerprint density at radius 2 is 1.96 bits per heavy atom. The number of hydrogen-bond acceptors (Lipinski definition) is 4. The Balaban J connectivity index is 1.67. The van der Waals surface area contributed by atoms with Crippen LogP contribution in [0.25, 0.3) is 0 Å². The average molecular weight is 316 g/mol. The normalized spacial score (nSPS) is 14.9. The molecule has 8 heteroatoms. The number of aromatic nitrogens is 4. The SMILES string of the molecule is Cn1cc(NC(=O)c2cc(NC(=O)C3CCCC3)n(C)n2)cn1. The summed E-state index contributed by atoms with van der Waals surface area (Å²) in [4.78, 5) is 24.4. The van der Waals surface area contributed by atoms with E-state index in [0.717, 1.165) is 25.7 Å². The molecule has 122 valence electrons. The van der Waals surface area contributed by atoms with Gasteiger partial charge >= 0.3 is 0 Å². The summed E-state index contributed by atoms with van der Waals surface area (Å²) in [6.07, 6.45) is 7.31. The van der Waals surface area contributed by atoms with Gasteiger partial charge < -0.3 is 10.6 Å². The van der Waals surface area contributed by atoms with Gasteiger partial charge in [0.1, 0.15) is 5.82 Å². The van der Waals surface area contributed by atoms with E-state index in [1.54, 1.807) is 37.2 Å². The molecule has 0 atom stereocenters. The van der Waals surface area contributed by atoms with Crippen molar-refractivity contribution in [3.05, 3.63) is 24.2 Å². The van der Waals surface area contributed by atoms with Gasteiger partial charge in [-0.1, -0.05) is 12.8 Å². The molecular formula is C15H20N6O2. The molecule has 8 nitrogen and oxygen atoms in total. The maximum absolute atomic E-state index is 12.2. The van der Waals surface area contributed by atoms with Gasteiger partial charge in [-0.05, 0) is 12.8 Å². The minimum atomic E-state index is -0.338. The van der Waals surface area contributed by atoms with Crippen LogP contribution < -0.4 is 10.6 Å². The molecule has 2 aromatic rings. The van der Waals surface area contributed by atoms with Crippen molar-refractivity contribution < 1.29 is 9.59 Å². The molecule has 0 aliphatic heterocycles. The Kier molecular flexibility index (Phi) is 4.14. The van der Waals surface area contributed by atoms with E-state index in [0.29, 0.717) is 11.5 Å². The van der Waals surface area contributed by atoms with E-state index in [2.05, 4.69) is 20.8 Å². The van der Waals surface area contributed by atoms with Crippen LogP contribution in [-0.4, -0.2) is 31.4 Å². The molecule has 0 saturated heterocycles. The molecular weight excluding hydrogens is 296 g/mol. The summed E-state index contributed by atoms with van der Waals surface area (Å²) in [5.41, 5.74) is 0.845. The van der Waals surface area contributed by atoms with Crippen LogP contribution in [-0.2, 0) is 18.9 Å². The van der Waals surface area contributed by atoms with Gasteiger partial charge in [0, 0.05) is 32.3 Å². The van der Waals surface area contributed by atoms with E-state index in [1.807, 2.05) is 0 Å². The van der Waals surface area contributed by atoms with Crippen molar-refractivity contribution in [1.29, 1.82) is 0 Å². The van der Waals surface area contributed by atoms with Gasteiger partial charge in [0.05, 0.1) is 11.9 Å². The maximum atomic E-state index is 12.2. The number of nitrogens with one attached hydrogen (secondary N) is 2. The van der Waals surface area contributed by atoms with Gasteiger partial charge in [-0.2, -0.15) is 10.2 Å². The van der Waals surface area contributed by atoms with Crippen molar-refractivity contribution in [2.45, 2.75) is 25.7 Å². The lowest BCUT2D eigenvalue weighted by Crippen LogP contribution is -2.21. The van der Waals surface area contributed by atoms with Crippen LogP contribution in [0.5, 0.6) is 0 Å². The van der Waals surface area contributed by atoms with Gasteiger partial charge in [0.2, 0.25) is 5.91 Å². The molecule has 1 fully saturated rings. The minimum absolute atomic E-state index is 0.00437. The average Bonchev–Trinajstić information content (AvgIpc) is 3.22. The molecule has 0 radical (unpaired) electrons. The van der Waals surface area contributed by atoms with Crippen molar-refractivity contribution in [2.24, 2.45) is 20.0 Å². The third-order valence-corrected chi connectivity index (χ3v) is 4.05. The summed E-state index contributed by atoms with van der Waals surface area (Å²) in [7, 11) is 3.47. The van der Waals surface area contributed by atoms with Crippen LogP contribution in [0.15, 0.2) is 18.5 Å². The molecule has 1 aliphatic rings. The highest BCUT2D eigenvalue weighted by atomic mass is 16.2. The molecule has 0 spiro atoms. The Hall–Kier alpha value is -2.64. The fourth-order valence-electron chi connectivity index (χ4n) is 2.79. The molecule has 0 unspecified atom stereocenters. The summed E-state index contributed by atoms with van der Waals surface area (Å²) in [6, 6.07) is 1.58. The molecule has 2 N–H and O–H groups in total. The molecule has 2 aromatic heterocycles. The lowest BCUT2D eigenvalue weighted by Gasteiger charge is -2.09. The highest BCUT2D eigenvalue weighted by molar-refractivity contribution is 6.03. The van der Waals surface area contributed by atoms with Crippen molar-refractivity contribution in [1.82, 2.24) is 19.6 Å². The Morgan fingerprint density at radius 3 is 2.61 bits per heavy atom. The molecule has 0 bridgehead atoms. The fourth-order valence-corrected chi connectivity index (χ4v) is 2.79. The van der Waals surface area contributed by atoms with Crippen LogP contribution in [0.4, 0.5) is 11.5 Å². The zero-order chi connectivity index (χ0) is 16.4. The number of carbonyl (C=O) groups is 2. The molecule has 0 aromatic carbocycles. The number of amides is 2. The van der Waals surface area contributed by atoms with Crippen molar-refractivity contribution in [3.8, 4) is 0 Å². The number of carbonyl (C=O) groups excluding carboxylic acids is 2. The summed E-state index contributed by atoms with van der Waals surface area (Å²) in [5.74, 6) is 0.260. The maximum Gasteiger partial charge on any atom is 0.276 e. The molecule has 3 rings (SSSR count). The van der Waals surface area contributed by atoms with E-state index in [4.69, 9.17) is 0 Å². The van der Waals surface area contributed by atoms with E-state index < -0.39 is 0 Å². The van der Waals surface area contributed by atoms with E-state index in [-0.39, 0.29) is 23.4 Å². The molecule has 2 amide bonds. The van der Waals surface area contributed by atoms with Gasteiger partial charge in [-0.3, -0.25) is 19.0 Å². The Morgan fingerprint density at radius 1 is 1.22 bits per heavy atom.